The number of benzene rings is 1. The molecule has 2 aromatic heterocycles. The molecule has 132 valence electrons. The number of aromatic nitrogens is 3. The molecule has 0 amide bonds. The van der Waals surface area contributed by atoms with Crippen LogP contribution in [0.5, 0.6) is 0 Å². The maximum atomic E-state index is 13.3. The molecule has 0 atom stereocenters. The lowest BCUT2D eigenvalue weighted by Gasteiger charge is -1.99. The topological polar surface area (TPSA) is 99.1 Å². The Hall–Kier alpha value is -2.55. The smallest absolute Gasteiger partial charge is 0.229 e. The zero-order valence-electron chi connectivity index (χ0n) is 13.6. The molecule has 0 aliphatic carbocycles. The van der Waals surface area contributed by atoms with Crippen molar-refractivity contribution in [1.82, 2.24) is 15.1 Å². The SMILES string of the molecule is CC(C)c1nc(CS(=O)(=O)Cc2ncc(-c3cccc(F)c3)o2)no1. The molecule has 9 heteroatoms. The normalized spacial score (nSPS) is 12.0. The lowest BCUT2D eigenvalue weighted by atomic mass is 10.2. The molecule has 0 saturated heterocycles. The molecule has 7 nitrogen and oxygen atoms in total. The van der Waals surface area contributed by atoms with Gasteiger partial charge in [0.15, 0.2) is 21.4 Å². The molecule has 0 saturated carbocycles. The summed E-state index contributed by atoms with van der Waals surface area (Å²) in [7, 11) is -3.59. The van der Waals surface area contributed by atoms with Crippen molar-refractivity contribution in [2.24, 2.45) is 0 Å². The molecule has 3 rings (SSSR count). The summed E-state index contributed by atoms with van der Waals surface area (Å²) in [5.41, 5.74) is 0.482. The molecule has 3 aromatic rings. The van der Waals surface area contributed by atoms with Gasteiger partial charge in [0.1, 0.15) is 17.3 Å². The summed E-state index contributed by atoms with van der Waals surface area (Å²) in [6.07, 6.45) is 1.37. The Morgan fingerprint density at radius 3 is 2.72 bits per heavy atom. The fraction of sp³-hybridized carbons (Fsp3) is 0.312. The first-order valence-electron chi connectivity index (χ1n) is 7.56. The van der Waals surface area contributed by atoms with Gasteiger partial charge in [0.25, 0.3) is 0 Å². The van der Waals surface area contributed by atoms with E-state index in [1.165, 1.54) is 24.4 Å². The van der Waals surface area contributed by atoms with E-state index in [1.54, 1.807) is 6.07 Å². The molecule has 0 aliphatic rings. The van der Waals surface area contributed by atoms with E-state index in [2.05, 4.69) is 15.1 Å². The summed E-state index contributed by atoms with van der Waals surface area (Å²) in [4.78, 5) is 8.00. The summed E-state index contributed by atoms with van der Waals surface area (Å²) < 4.78 is 48.2. The molecular formula is C16H16FN3O4S. The number of rotatable bonds is 6. The summed E-state index contributed by atoms with van der Waals surface area (Å²) >= 11 is 0. The highest BCUT2D eigenvalue weighted by atomic mass is 32.2. The summed E-state index contributed by atoms with van der Waals surface area (Å²) in [6.45, 7) is 3.74. The van der Waals surface area contributed by atoms with Gasteiger partial charge in [0.05, 0.1) is 6.20 Å². The van der Waals surface area contributed by atoms with Crippen LogP contribution in [-0.4, -0.2) is 23.5 Å². The Bertz CT molecular complexity index is 979. The molecule has 0 bridgehead atoms. The minimum Gasteiger partial charge on any atom is -0.440 e. The third-order valence-electron chi connectivity index (χ3n) is 3.33. The van der Waals surface area contributed by atoms with Crippen molar-refractivity contribution in [2.75, 3.05) is 0 Å². The molecule has 0 N–H and O–H groups in total. The molecule has 1 aromatic carbocycles. The van der Waals surface area contributed by atoms with Gasteiger partial charge in [0, 0.05) is 11.5 Å². The molecule has 2 heterocycles. The zero-order valence-corrected chi connectivity index (χ0v) is 14.5. The fourth-order valence-corrected chi connectivity index (χ4v) is 3.27. The van der Waals surface area contributed by atoms with E-state index in [1.807, 2.05) is 13.8 Å². The van der Waals surface area contributed by atoms with Crippen LogP contribution in [-0.2, 0) is 21.3 Å². The lowest BCUT2D eigenvalue weighted by molar-refractivity contribution is 0.361. The van der Waals surface area contributed by atoms with Crippen LogP contribution < -0.4 is 0 Å². The average molecular weight is 365 g/mol. The van der Waals surface area contributed by atoms with E-state index in [4.69, 9.17) is 8.94 Å². The number of sulfone groups is 1. The largest absolute Gasteiger partial charge is 0.440 e. The van der Waals surface area contributed by atoms with E-state index in [9.17, 15) is 12.8 Å². The third-order valence-corrected chi connectivity index (χ3v) is 4.72. The Kier molecular flexibility index (Phi) is 4.67. The number of hydrogen-bond acceptors (Lipinski definition) is 7. The first-order valence-corrected chi connectivity index (χ1v) is 9.38. The van der Waals surface area contributed by atoms with Gasteiger partial charge in [-0.05, 0) is 12.1 Å². The van der Waals surface area contributed by atoms with Crippen LogP contribution in [0.2, 0.25) is 0 Å². The van der Waals surface area contributed by atoms with Gasteiger partial charge in [-0.3, -0.25) is 0 Å². The van der Waals surface area contributed by atoms with E-state index in [0.717, 1.165) is 0 Å². The van der Waals surface area contributed by atoms with Gasteiger partial charge in [-0.25, -0.2) is 17.8 Å². The Labute approximate surface area is 143 Å². The second-order valence-corrected chi connectivity index (χ2v) is 7.93. The van der Waals surface area contributed by atoms with Crippen LogP contribution in [0.4, 0.5) is 4.39 Å². The predicted octanol–water partition coefficient (Wildman–Crippen LogP) is 3.10. The molecule has 0 aliphatic heterocycles. The average Bonchev–Trinajstić information content (AvgIpc) is 3.16. The Balaban J connectivity index is 1.72. The van der Waals surface area contributed by atoms with Crippen molar-refractivity contribution in [1.29, 1.82) is 0 Å². The second-order valence-electron chi connectivity index (χ2n) is 5.86. The third kappa shape index (κ3) is 4.30. The van der Waals surface area contributed by atoms with Crippen molar-refractivity contribution in [3.8, 4) is 11.3 Å². The van der Waals surface area contributed by atoms with Crippen LogP contribution in [0, 0.1) is 5.82 Å². The van der Waals surface area contributed by atoms with Gasteiger partial charge in [-0.2, -0.15) is 4.98 Å². The monoisotopic (exact) mass is 365 g/mol. The maximum absolute atomic E-state index is 13.3. The fourth-order valence-electron chi connectivity index (χ4n) is 2.15. The van der Waals surface area contributed by atoms with Crippen LogP contribution in [0.15, 0.2) is 39.4 Å². The highest BCUT2D eigenvalue weighted by molar-refractivity contribution is 7.89. The van der Waals surface area contributed by atoms with E-state index < -0.39 is 21.4 Å². The van der Waals surface area contributed by atoms with Crippen LogP contribution in [0.25, 0.3) is 11.3 Å². The van der Waals surface area contributed by atoms with Gasteiger partial charge in [0.2, 0.25) is 11.8 Å². The van der Waals surface area contributed by atoms with E-state index >= 15 is 0 Å². The maximum Gasteiger partial charge on any atom is 0.229 e. The number of nitrogens with zero attached hydrogens (tertiary/aromatic N) is 3. The van der Waals surface area contributed by atoms with Crippen molar-refractivity contribution >= 4 is 9.84 Å². The number of halogens is 1. The predicted molar refractivity (Wildman–Crippen MR) is 86.6 cm³/mol. The summed E-state index contributed by atoms with van der Waals surface area (Å²) in [6, 6.07) is 5.77. The minimum absolute atomic E-state index is 0.0181. The number of oxazole rings is 1. The van der Waals surface area contributed by atoms with Crippen LogP contribution >= 0.6 is 0 Å². The highest BCUT2D eigenvalue weighted by Crippen LogP contribution is 2.22. The summed E-state index contributed by atoms with van der Waals surface area (Å²) in [5.74, 6) is -0.381. The first kappa shape index (κ1) is 17.3. The van der Waals surface area contributed by atoms with E-state index in [-0.39, 0.29) is 23.4 Å². The van der Waals surface area contributed by atoms with Crippen LogP contribution in [0.1, 0.15) is 37.4 Å². The zero-order chi connectivity index (χ0) is 18.0. The number of hydrogen-bond donors (Lipinski definition) is 0. The standard InChI is InChI=1S/C16H16FN3O4S/c1-10(2)16-19-14(20-24-16)8-25(21,22)9-15-18-7-13(23-15)11-4-3-5-12(17)6-11/h3-7,10H,8-9H2,1-2H3. The molecule has 25 heavy (non-hydrogen) atoms. The molecule has 0 spiro atoms. The highest BCUT2D eigenvalue weighted by Gasteiger charge is 2.21. The van der Waals surface area contributed by atoms with Crippen molar-refractivity contribution in [2.45, 2.75) is 31.3 Å². The lowest BCUT2D eigenvalue weighted by Crippen LogP contribution is -2.09. The molecule has 0 fully saturated rings. The summed E-state index contributed by atoms with van der Waals surface area (Å²) in [5, 5.41) is 3.67. The quantitative estimate of drug-likeness (QED) is 0.662. The Morgan fingerprint density at radius 2 is 2.04 bits per heavy atom. The Morgan fingerprint density at radius 1 is 1.24 bits per heavy atom. The second kappa shape index (κ2) is 6.75. The van der Waals surface area contributed by atoms with Gasteiger partial charge in [-0.15, -0.1) is 0 Å². The molecule has 0 unspecified atom stereocenters. The van der Waals surface area contributed by atoms with Crippen molar-refractivity contribution < 1.29 is 21.7 Å². The van der Waals surface area contributed by atoms with Crippen molar-refractivity contribution in [3.05, 3.63) is 53.9 Å². The molecular weight excluding hydrogens is 349 g/mol. The van der Waals surface area contributed by atoms with E-state index in [0.29, 0.717) is 17.2 Å². The minimum atomic E-state index is -3.59. The van der Waals surface area contributed by atoms with Gasteiger partial charge >= 0.3 is 0 Å². The van der Waals surface area contributed by atoms with Gasteiger partial charge in [-0.1, -0.05) is 31.1 Å². The van der Waals surface area contributed by atoms with Crippen LogP contribution in [0.3, 0.4) is 0 Å². The molecule has 0 radical (unpaired) electrons. The first-order chi connectivity index (χ1) is 11.8. The van der Waals surface area contributed by atoms with Crippen molar-refractivity contribution in [3.63, 3.8) is 0 Å². The van der Waals surface area contributed by atoms with Gasteiger partial charge < -0.3 is 8.94 Å².